The van der Waals surface area contributed by atoms with Crippen molar-refractivity contribution in [2.45, 2.75) is 19.5 Å². The molecule has 3 N–H and O–H groups in total. The van der Waals surface area contributed by atoms with Crippen LogP contribution >= 0.6 is 15.9 Å². The molecule has 0 amide bonds. The SMILES string of the molecule is COc1ccc(CN[C@@H](C)CN)cc1Br. The van der Waals surface area contributed by atoms with E-state index in [0.29, 0.717) is 12.6 Å². The van der Waals surface area contributed by atoms with E-state index in [-0.39, 0.29) is 0 Å². The normalized spacial score (nSPS) is 12.5. The predicted octanol–water partition coefficient (Wildman–Crippen LogP) is 1.89. The first-order valence-corrected chi connectivity index (χ1v) is 5.72. The van der Waals surface area contributed by atoms with Crippen LogP contribution in [0.5, 0.6) is 5.75 Å². The second-order valence-electron chi connectivity index (χ2n) is 3.49. The molecule has 0 spiro atoms. The Labute approximate surface area is 99.1 Å². The van der Waals surface area contributed by atoms with Crippen LogP contribution < -0.4 is 15.8 Å². The highest BCUT2D eigenvalue weighted by molar-refractivity contribution is 9.10. The number of methoxy groups -OCH3 is 1. The zero-order valence-electron chi connectivity index (χ0n) is 9.09. The van der Waals surface area contributed by atoms with Crippen LogP contribution in [0.2, 0.25) is 0 Å². The lowest BCUT2D eigenvalue weighted by Crippen LogP contribution is -2.32. The number of rotatable bonds is 5. The fraction of sp³-hybridized carbons (Fsp3) is 0.455. The van der Waals surface area contributed by atoms with Crippen molar-refractivity contribution in [3.05, 3.63) is 28.2 Å². The molecule has 0 heterocycles. The highest BCUT2D eigenvalue weighted by Crippen LogP contribution is 2.25. The molecule has 0 aromatic heterocycles. The molecule has 0 aliphatic carbocycles. The van der Waals surface area contributed by atoms with Crippen LogP contribution in [0.1, 0.15) is 12.5 Å². The Morgan fingerprint density at radius 2 is 2.27 bits per heavy atom. The van der Waals surface area contributed by atoms with E-state index in [1.54, 1.807) is 7.11 Å². The molecule has 0 bridgehead atoms. The van der Waals surface area contributed by atoms with Gasteiger partial charge in [0.25, 0.3) is 0 Å². The average Bonchev–Trinajstić information content (AvgIpc) is 2.26. The van der Waals surface area contributed by atoms with Gasteiger partial charge in [-0.3, -0.25) is 0 Å². The van der Waals surface area contributed by atoms with Gasteiger partial charge in [-0.05, 0) is 40.5 Å². The monoisotopic (exact) mass is 272 g/mol. The molecular formula is C11H17BrN2O. The van der Waals surface area contributed by atoms with Crippen LogP contribution in [0.4, 0.5) is 0 Å². The van der Waals surface area contributed by atoms with Gasteiger partial charge in [0.1, 0.15) is 5.75 Å². The number of hydrogen-bond donors (Lipinski definition) is 2. The maximum atomic E-state index is 5.52. The third-order valence-electron chi connectivity index (χ3n) is 2.22. The molecule has 15 heavy (non-hydrogen) atoms. The van der Waals surface area contributed by atoms with Crippen molar-refractivity contribution in [1.29, 1.82) is 0 Å². The number of nitrogens with one attached hydrogen (secondary N) is 1. The summed E-state index contributed by atoms with van der Waals surface area (Å²) in [6, 6.07) is 6.38. The molecule has 0 saturated heterocycles. The average molecular weight is 273 g/mol. The molecule has 1 atom stereocenters. The Morgan fingerprint density at radius 1 is 1.53 bits per heavy atom. The lowest BCUT2D eigenvalue weighted by molar-refractivity contribution is 0.412. The minimum Gasteiger partial charge on any atom is -0.496 e. The molecule has 4 heteroatoms. The van der Waals surface area contributed by atoms with E-state index in [4.69, 9.17) is 10.5 Å². The summed E-state index contributed by atoms with van der Waals surface area (Å²) in [4.78, 5) is 0. The summed E-state index contributed by atoms with van der Waals surface area (Å²) >= 11 is 3.45. The molecule has 1 rings (SSSR count). The zero-order valence-corrected chi connectivity index (χ0v) is 10.7. The molecular weight excluding hydrogens is 256 g/mol. The molecule has 3 nitrogen and oxygen atoms in total. The fourth-order valence-electron chi connectivity index (χ4n) is 1.20. The number of benzene rings is 1. The van der Waals surface area contributed by atoms with Gasteiger partial charge in [-0.2, -0.15) is 0 Å². The Hall–Kier alpha value is -0.580. The molecule has 0 saturated carbocycles. The molecule has 0 aliphatic heterocycles. The maximum absolute atomic E-state index is 5.52. The van der Waals surface area contributed by atoms with Crippen molar-refractivity contribution in [2.24, 2.45) is 5.73 Å². The van der Waals surface area contributed by atoms with E-state index in [1.807, 2.05) is 12.1 Å². The van der Waals surface area contributed by atoms with Crippen LogP contribution in [0, 0.1) is 0 Å². The second-order valence-corrected chi connectivity index (χ2v) is 4.34. The van der Waals surface area contributed by atoms with Crippen molar-refractivity contribution in [3.63, 3.8) is 0 Å². The van der Waals surface area contributed by atoms with Crippen LogP contribution in [0.3, 0.4) is 0 Å². The third-order valence-corrected chi connectivity index (χ3v) is 2.84. The van der Waals surface area contributed by atoms with E-state index in [1.165, 1.54) is 5.56 Å². The minimum absolute atomic E-state index is 0.339. The lowest BCUT2D eigenvalue weighted by Gasteiger charge is -2.12. The Kier molecular flexibility index (Phi) is 5.08. The van der Waals surface area contributed by atoms with Gasteiger partial charge in [-0.25, -0.2) is 0 Å². The van der Waals surface area contributed by atoms with Gasteiger partial charge in [0.2, 0.25) is 0 Å². The van der Waals surface area contributed by atoms with E-state index >= 15 is 0 Å². The number of nitrogens with two attached hydrogens (primary N) is 1. The lowest BCUT2D eigenvalue weighted by atomic mass is 10.2. The van der Waals surface area contributed by atoms with Gasteiger partial charge in [0.15, 0.2) is 0 Å². The topological polar surface area (TPSA) is 47.3 Å². The summed E-state index contributed by atoms with van der Waals surface area (Å²) < 4.78 is 6.14. The Balaban J connectivity index is 2.59. The largest absolute Gasteiger partial charge is 0.496 e. The Morgan fingerprint density at radius 3 is 2.80 bits per heavy atom. The van der Waals surface area contributed by atoms with Gasteiger partial charge in [0.05, 0.1) is 11.6 Å². The second kappa shape index (κ2) is 6.10. The summed E-state index contributed by atoms with van der Waals surface area (Å²) in [5.41, 5.74) is 6.73. The maximum Gasteiger partial charge on any atom is 0.133 e. The van der Waals surface area contributed by atoms with Crippen molar-refractivity contribution in [1.82, 2.24) is 5.32 Å². The van der Waals surface area contributed by atoms with Gasteiger partial charge in [-0.1, -0.05) is 6.07 Å². The van der Waals surface area contributed by atoms with Crippen LogP contribution in [0.25, 0.3) is 0 Å². The predicted molar refractivity (Wildman–Crippen MR) is 66.1 cm³/mol. The quantitative estimate of drug-likeness (QED) is 0.861. The number of hydrogen-bond acceptors (Lipinski definition) is 3. The van der Waals surface area contributed by atoms with E-state index in [9.17, 15) is 0 Å². The first-order valence-electron chi connectivity index (χ1n) is 4.93. The molecule has 84 valence electrons. The van der Waals surface area contributed by atoms with Gasteiger partial charge < -0.3 is 15.8 Å². The summed E-state index contributed by atoms with van der Waals surface area (Å²) in [5, 5.41) is 3.33. The number of halogens is 1. The summed E-state index contributed by atoms with van der Waals surface area (Å²) in [7, 11) is 1.66. The van der Waals surface area contributed by atoms with Crippen molar-refractivity contribution in [2.75, 3.05) is 13.7 Å². The zero-order chi connectivity index (χ0) is 11.3. The van der Waals surface area contributed by atoms with Gasteiger partial charge in [0, 0.05) is 19.1 Å². The van der Waals surface area contributed by atoms with Crippen molar-refractivity contribution < 1.29 is 4.74 Å². The molecule has 1 aromatic carbocycles. The standard InChI is InChI=1S/C11H17BrN2O/c1-8(6-13)14-7-9-3-4-11(15-2)10(12)5-9/h3-5,8,14H,6-7,13H2,1-2H3/t8-/m0/s1. The molecule has 0 fully saturated rings. The highest BCUT2D eigenvalue weighted by Gasteiger charge is 2.02. The summed E-state index contributed by atoms with van der Waals surface area (Å²) in [6.07, 6.45) is 0. The first-order chi connectivity index (χ1) is 7.17. The smallest absolute Gasteiger partial charge is 0.133 e. The molecule has 1 aromatic rings. The van der Waals surface area contributed by atoms with Crippen molar-refractivity contribution >= 4 is 15.9 Å². The minimum atomic E-state index is 0.339. The first kappa shape index (κ1) is 12.5. The summed E-state index contributed by atoms with van der Waals surface area (Å²) in [5.74, 6) is 0.852. The molecule has 0 unspecified atom stereocenters. The van der Waals surface area contributed by atoms with Gasteiger partial charge in [-0.15, -0.1) is 0 Å². The van der Waals surface area contributed by atoms with E-state index in [2.05, 4.69) is 34.2 Å². The van der Waals surface area contributed by atoms with Gasteiger partial charge >= 0.3 is 0 Å². The molecule has 0 radical (unpaired) electrons. The van der Waals surface area contributed by atoms with E-state index in [0.717, 1.165) is 16.8 Å². The molecule has 0 aliphatic rings. The van der Waals surface area contributed by atoms with Crippen LogP contribution in [-0.4, -0.2) is 19.7 Å². The van der Waals surface area contributed by atoms with Crippen LogP contribution in [0.15, 0.2) is 22.7 Å². The number of ether oxygens (including phenoxy) is 1. The third kappa shape index (κ3) is 3.81. The van der Waals surface area contributed by atoms with E-state index < -0.39 is 0 Å². The fourth-order valence-corrected chi connectivity index (χ4v) is 1.78. The van der Waals surface area contributed by atoms with Crippen molar-refractivity contribution in [3.8, 4) is 5.75 Å². The highest BCUT2D eigenvalue weighted by atomic mass is 79.9. The Bertz CT molecular complexity index is 317. The van der Waals surface area contributed by atoms with Crippen LogP contribution in [-0.2, 0) is 6.54 Å². The summed E-state index contributed by atoms with van der Waals surface area (Å²) in [6.45, 7) is 3.54.